The van der Waals surface area contributed by atoms with E-state index in [0.29, 0.717) is 30.3 Å². The van der Waals surface area contributed by atoms with Gasteiger partial charge in [0.05, 0.1) is 17.6 Å². The Labute approximate surface area is 114 Å². The second kappa shape index (κ2) is 5.69. The molecule has 0 radical (unpaired) electrons. The molecule has 1 aromatic carbocycles. The first-order valence-electron chi connectivity index (χ1n) is 6.50. The minimum atomic E-state index is -2.91. The summed E-state index contributed by atoms with van der Waals surface area (Å²) < 4.78 is 28.9. The van der Waals surface area contributed by atoms with Crippen molar-refractivity contribution < 1.29 is 13.2 Å². The molecule has 0 bridgehead atoms. The number of hydrogen-bond acceptors (Lipinski definition) is 5. The van der Waals surface area contributed by atoms with E-state index < -0.39 is 9.84 Å². The standard InChI is InChI=1S/C13H20N2O3S/c1-2-18-12-7-10(14)6-11(8-12)15-9-13-4-3-5-19(13,16)17/h6-8,13,15H,2-5,9,14H2,1H3. The van der Waals surface area contributed by atoms with Crippen LogP contribution < -0.4 is 15.8 Å². The Morgan fingerprint density at radius 2 is 2.21 bits per heavy atom. The van der Waals surface area contributed by atoms with Crippen molar-refractivity contribution >= 4 is 21.2 Å². The van der Waals surface area contributed by atoms with E-state index >= 15 is 0 Å². The molecular formula is C13H20N2O3S. The van der Waals surface area contributed by atoms with Crippen molar-refractivity contribution in [3.63, 3.8) is 0 Å². The van der Waals surface area contributed by atoms with Gasteiger partial charge in [-0.25, -0.2) is 8.42 Å². The Kier molecular flexibility index (Phi) is 4.19. The Bertz CT molecular complexity index is 543. The molecule has 1 aromatic rings. The summed E-state index contributed by atoms with van der Waals surface area (Å²) in [6.45, 7) is 2.90. The van der Waals surface area contributed by atoms with Gasteiger partial charge in [-0.1, -0.05) is 0 Å². The van der Waals surface area contributed by atoms with E-state index in [-0.39, 0.29) is 5.25 Å². The van der Waals surface area contributed by atoms with Crippen LogP contribution in [-0.2, 0) is 9.84 Å². The van der Waals surface area contributed by atoms with E-state index in [9.17, 15) is 8.42 Å². The molecule has 6 heteroatoms. The minimum Gasteiger partial charge on any atom is -0.494 e. The van der Waals surface area contributed by atoms with E-state index in [2.05, 4.69) is 5.32 Å². The molecule has 2 rings (SSSR count). The average molecular weight is 284 g/mol. The van der Waals surface area contributed by atoms with E-state index in [1.54, 1.807) is 12.1 Å². The fraction of sp³-hybridized carbons (Fsp3) is 0.538. The third-order valence-corrected chi connectivity index (χ3v) is 5.51. The minimum absolute atomic E-state index is 0.288. The maximum Gasteiger partial charge on any atom is 0.154 e. The summed E-state index contributed by atoms with van der Waals surface area (Å²) in [5, 5.41) is 2.86. The monoisotopic (exact) mass is 284 g/mol. The number of hydrogen-bond donors (Lipinski definition) is 2. The molecule has 0 aliphatic carbocycles. The van der Waals surface area contributed by atoms with Gasteiger partial charge >= 0.3 is 0 Å². The van der Waals surface area contributed by atoms with Crippen molar-refractivity contribution in [1.29, 1.82) is 0 Å². The summed E-state index contributed by atoms with van der Waals surface area (Å²) in [5.74, 6) is 1.000. The lowest BCUT2D eigenvalue weighted by Crippen LogP contribution is -2.25. The molecule has 0 saturated carbocycles. The summed E-state index contributed by atoms with van der Waals surface area (Å²) in [4.78, 5) is 0. The van der Waals surface area contributed by atoms with Gasteiger partial charge in [0.1, 0.15) is 5.75 Å². The van der Waals surface area contributed by atoms with Crippen molar-refractivity contribution in [1.82, 2.24) is 0 Å². The number of nitrogens with one attached hydrogen (secondary N) is 1. The molecule has 1 atom stereocenters. The molecule has 0 amide bonds. The maximum absolute atomic E-state index is 11.7. The van der Waals surface area contributed by atoms with Crippen molar-refractivity contribution in [2.24, 2.45) is 0 Å². The van der Waals surface area contributed by atoms with Crippen molar-refractivity contribution in [3.05, 3.63) is 18.2 Å². The molecule has 1 saturated heterocycles. The molecule has 1 fully saturated rings. The fourth-order valence-electron chi connectivity index (χ4n) is 2.29. The van der Waals surface area contributed by atoms with Crippen LogP contribution in [0.1, 0.15) is 19.8 Å². The van der Waals surface area contributed by atoms with Gasteiger partial charge in [-0.3, -0.25) is 0 Å². The quantitative estimate of drug-likeness (QED) is 0.804. The van der Waals surface area contributed by atoms with Gasteiger partial charge in [0, 0.05) is 30.1 Å². The molecule has 19 heavy (non-hydrogen) atoms. The smallest absolute Gasteiger partial charge is 0.154 e. The van der Waals surface area contributed by atoms with Crippen LogP contribution in [0.15, 0.2) is 18.2 Å². The average Bonchev–Trinajstić information content (AvgIpc) is 2.65. The second-order valence-electron chi connectivity index (χ2n) is 4.74. The molecule has 1 aliphatic heterocycles. The maximum atomic E-state index is 11.7. The van der Waals surface area contributed by atoms with Crippen LogP contribution in [0.2, 0.25) is 0 Å². The number of anilines is 2. The zero-order chi connectivity index (χ0) is 13.9. The lowest BCUT2D eigenvalue weighted by molar-refractivity contribution is 0.340. The highest BCUT2D eigenvalue weighted by molar-refractivity contribution is 7.92. The van der Waals surface area contributed by atoms with E-state index in [4.69, 9.17) is 10.5 Å². The number of nitrogen functional groups attached to an aromatic ring is 1. The third kappa shape index (κ3) is 3.53. The van der Waals surface area contributed by atoms with Crippen LogP contribution in [0.25, 0.3) is 0 Å². The molecule has 1 heterocycles. The largest absolute Gasteiger partial charge is 0.494 e. The van der Waals surface area contributed by atoms with Crippen molar-refractivity contribution in [2.45, 2.75) is 25.0 Å². The molecule has 5 nitrogen and oxygen atoms in total. The van der Waals surface area contributed by atoms with Crippen LogP contribution in [0.5, 0.6) is 5.75 Å². The molecule has 106 valence electrons. The first kappa shape index (κ1) is 14.0. The molecule has 0 spiro atoms. The number of ether oxygens (including phenoxy) is 1. The first-order chi connectivity index (χ1) is 9.01. The van der Waals surface area contributed by atoms with Gasteiger partial charge in [0.15, 0.2) is 9.84 Å². The lowest BCUT2D eigenvalue weighted by atomic mass is 10.2. The Morgan fingerprint density at radius 3 is 2.84 bits per heavy atom. The van der Waals surface area contributed by atoms with Gasteiger partial charge < -0.3 is 15.8 Å². The summed E-state index contributed by atoms with van der Waals surface area (Å²) in [6.07, 6.45) is 1.49. The topological polar surface area (TPSA) is 81.4 Å². The lowest BCUT2D eigenvalue weighted by Gasteiger charge is -2.13. The van der Waals surface area contributed by atoms with Crippen molar-refractivity contribution in [2.75, 3.05) is 30.0 Å². The predicted octanol–water partition coefficient (Wildman–Crippen LogP) is 1.66. The summed E-state index contributed by atoms with van der Waals surface area (Å²) >= 11 is 0. The van der Waals surface area contributed by atoms with Crippen LogP contribution in [0, 0.1) is 0 Å². The highest BCUT2D eigenvalue weighted by Crippen LogP contribution is 2.24. The second-order valence-corrected chi connectivity index (χ2v) is 7.14. The van der Waals surface area contributed by atoms with Gasteiger partial charge in [-0.05, 0) is 25.8 Å². The highest BCUT2D eigenvalue weighted by Gasteiger charge is 2.30. The normalized spacial score (nSPS) is 21.2. The predicted molar refractivity (Wildman–Crippen MR) is 77.3 cm³/mol. The highest BCUT2D eigenvalue weighted by atomic mass is 32.2. The Hall–Kier alpha value is -1.43. The van der Waals surface area contributed by atoms with Gasteiger partial charge in [-0.15, -0.1) is 0 Å². The van der Waals surface area contributed by atoms with E-state index in [1.165, 1.54) is 0 Å². The summed E-state index contributed by atoms with van der Waals surface area (Å²) in [7, 11) is -2.91. The van der Waals surface area contributed by atoms with Gasteiger partial charge in [-0.2, -0.15) is 0 Å². The molecule has 0 aromatic heterocycles. The third-order valence-electron chi connectivity index (χ3n) is 3.24. The van der Waals surface area contributed by atoms with Gasteiger partial charge in [0.25, 0.3) is 0 Å². The number of nitrogens with two attached hydrogens (primary N) is 1. The number of rotatable bonds is 5. The van der Waals surface area contributed by atoms with E-state index in [1.807, 2.05) is 13.0 Å². The summed E-state index contributed by atoms with van der Waals surface area (Å²) in [5.41, 5.74) is 7.19. The SMILES string of the molecule is CCOc1cc(N)cc(NCC2CCCS2(=O)=O)c1. The zero-order valence-corrected chi connectivity index (χ0v) is 11.9. The van der Waals surface area contributed by atoms with Gasteiger partial charge in [0.2, 0.25) is 0 Å². The fourth-order valence-corrected chi connectivity index (χ4v) is 4.06. The molecular weight excluding hydrogens is 264 g/mol. The molecule has 1 aliphatic rings. The number of sulfone groups is 1. The van der Waals surface area contributed by atoms with Crippen LogP contribution >= 0.6 is 0 Å². The zero-order valence-electron chi connectivity index (χ0n) is 11.1. The summed E-state index contributed by atoms with van der Waals surface area (Å²) in [6, 6.07) is 5.37. The van der Waals surface area contributed by atoms with E-state index in [0.717, 1.165) is 18.5 Å². The van der Waals surface area contributed by atoms with Crippen molar-refractivity contribution in [3.8, 4) is 5.75 Å². The molecule has 1 unspecified atom stereocenters. The first-order valence-corrected chi connectivity index (χ1v) is 8.21. The Balaban J connectivity index is 2.03. The van der Waals surface area contributed by atoms with Crippen LogP contribution in [0.4, 0.5) is 11.4 Å². The molecule has 3 N–H and O–H groups in total. The number of benzene rings is 1. The van der Waals surface area contributed by atoms with Crippen LogP contribution in [0.3, 0.4) is 0 Å². The van der Waals surface area contributed by atoms with Crippen LogP contribution in [-0.4, -0.2) is 32.6 Å². The Morgan fingerprint density at radius 1 is 1.42 bits per heavy atom.